The van der Waals surface area contributed by atoms with Gasteiger partial charge in [-0.15, -0.1) is 5.10 Å². The number of nitrogens with zero attached hydrogens (tertiary/aromatic N) is 7. The largest absolute Gasteiger partial charge is 0.444 e. The van der Waals surface area contributed by atoms with E-state index in [0.29, 0.717) is 66.6 Å². The van der Waals surface area contributed by atoms with Gasteiger partial charge in [0.25, 0.3) is 11.8 Å². The van der Waals surface area contributed by atoms with Crippen molar-refractivity contribution in [3.8, 4) is 11.3 Å². The lowest BCUT2D eigenvalue weighted by Gasteiger charge is -2.51. The number of piperidine rings is 2. The minimum Gasteiger partial charge on any atom is -0.444 e. The zero-order valence-corrected chi connectivity index (χ0v) is 31.3. The Morgan fingerprint density at radius 3 is 2.42 bits per heavy atom. The van der Waals surface area contributed by atoms with E-state index in [9.17, 15) is 14.0 Å². The summed E-state index contributed by atoms with van der Waals surface area (Å²) in [4.78, 5) is 39.7. The minimum atomic E-state index is -2.93. The molecule has 0 unspecified atom stereocenters. The molecule has 2 atom stereocenters. The van der Waals surface area contributed by atoms with Gasteiger partial charge in [0.1, 0.15) is 17.6 Å². The Morgan fingerprint density at radius 2 is 1.76 bits per heavy atom. The van der Waals surface area contributed by atoms with E-state index in [1.54, 1.807) is 51.0 Å². The summed E-state index contributed by atoms with van der Waals surface area (Å²) in [6, 6.07) is 7.81. The van der Waals surface area contributed by atoms with Gasteiger partial charge in [-0.25, -0.2) is 31.9 Å². The number of fused-ring (bicyclic) bond motifs is 2. The first-order chi connectivity index (χ1) is 26.1. The van der Waals surface area contributed by atoms with Crippen LogP contribution in [0.5, 0.6) is 0 Å². The molecule has 2 N–H and O–H groups in total. The third kappa shape index (κ3) is 7.04. The average molecular weight is 764 g/mol. The fourth-order valence-electron chi connectivity index (χ4n) is 8.13. The Hall–Kier alpha value is -4.99. The molecule has 3 aliphatic heterocycles. The highest BCUT2D eigenvalue weighted by Crippen LogP contribution is 2.51. The van der Waals surface area contributed by atoms with Gasteiger partial charge in [-0.05, 0) is 82.3 Å². The molecule has 8 rings (SSSR count). The van der Waals surface area contributed by atoms with Crippen LogP contribution in [0.15, 0.2) is 42.7 Å². The van der Waals surface area contributed by atoms with Crippen molar-refractivity contribution in [2.45, 2.75) is 83.2 Å². The standard InChI is InChI=1S/C39H45F4N9O3/c1-37(2,3)55-36(54)50-13-9-38(10-14-50)8-12-49(22-39(38,42)43)21-23-5-6-28(45-19-23)26-15-24(40)16-31-25(26)7-11-51(31)33-18-30(44-4)34-46-20-32(52(34)48-33)35(53)47-29-17-27(29)41/h5-6,15-16,18-20,27,29,44H,7-14,17,21-22H2,1-4H3,(H,47,53)/t27-,29+/m0/s1. The summed E-state index contributed by atoms with van der Waals surface area (Å²) >= 11 is 0. The molecule has 0 radical (unpaired) electrons. The third-order valence-electron chi connectivity index (χ3n) is 11.3. The zero-order valence-electron chi connectivity index (χ0n) is 31.3. The summed E-state index contributed by atoms with van der Waals surface area (Å²) in [6.07, 6.45) is 3.16. The molecule has 6 heterocycles. The average Bonchev–Trinajstić information content (AvgIpc) is 3.45. The van der Waals surface area contributed by atoms with Crippen LogP contribution >= 0.6 is 0 Å². The number of nitrogens with one attached hydrogen (secondary N) is 2. The molecule has 3 aromatic heterocycles. The van der Waals surface area contributed by atoms with Crippen LogP contribution < -0.4 is 15.5 Å². The Balaban J connectivity index is 0.964. The number of aromatic nitrogens is 4. The van der Waals surface area contributed by atoms with E-state index >= 15 is 13.2 Å². The number of anilines is 3. The van der Waals surface area contributed by atoms with Crippen molar-refractivity contribution < 1.29 is 31.9 Å². The number of alkyl halides is 3. The van der Waals surface area contributed by atoms with Crippen LogP contribution in [0, 0.1) is 11.2 Å². The zero-order chi connectivity index (χ0) is 38.9. The molecule has 0 bridgehead atoms. The van der Waals surface area contributed by atoms with Gasteiger partial charge in [-0.2, -0.15) is 0 Å². The summed E-state index contributed by atoms with van der Waals surface area (Å²) < 4.78 is 67.4. The second-order valence-electron chi connectivity index (χ2n) is 16.2. The number of benzene rings is 1. The predicted octanol–water partition coefficient (Wildman–Crippen LogP) is 6.36. The molecule has 4 aromatic rings. The molecule has 292 valence electrons. The lowest BCUT2D eigenvalue weighted by molar-refractivity contribution is -0.187. The fourth-order valence-corrected chi connectivity index (χ4v) is 8.13. The molecule has 1 aliphatic carbocycles. The molecule has 16 heteroatoms. The summed E-state index contributed by atoms with van der Waals surface area (Å²) in [7, 11) is 1.73. The van der Waals surface area contributed by atoms with E-state index in [0.717, 1.165) is 11.1 Å². The summed E-state index contributed by atoms with van der Waals surface area (Å²) in [5.41, 5.74) is 2.81. The quantitative estimate of drug-likeness (QED) is 0.207. The molecule has 1 aromatic carbocycles. The highest BCUT2D eigenvalue weighted by molar-refractivity contribution is 5.94. The van der Waals surface area contributed by atoms with Crippen molar-refractivity contribution in [2.24, 2.45) is 5.41 Å². The van der Waals surface area contributed by atoms with E-state index in [2.05, 4.69) is 20.6 Å². The molecule has 55 heavy (non-hydrogen) atoms. The van der Waals surface area contributed by atoms with E-state index in [1.807, 2.05) is 11.0 Å². The van der Waals surface area contributed by atoms with Crippen LogP contribution in [0.25, 0.3) is 16.9 Å². The SMILES string of the molecule is CNc1cc(N2CCc3c(-c4ccc(CN5CCC6(CCN(C(=O)OC(C)(C)C)CC6)C(F)(F)C5)cn4)cc(F)cc32)nn2c(C(=O)N[C@@H]3C[C@@H]3F)cnc12. The van der Waals surface area contributed by atoms with Gasteiger partial charge in [0, 0.05) is 68.6 Å². The number of hydrogen-bond donors (Lipinski definition) is 2. The van der Waals surface area contributed by atoms with Crippen LogP contribution in [-0.2, 0) is 17.7 Å². The maximum absolute atomic E-state index is 15.8. The molecular formula is C39H45F4N9O3. The second kappa shape index (κ2) is 13.6. The van der Waals surface area contributed by atoms with Crippen molar-refractivity contribution >= 4 is 34.8 Å². The van der Waals surface area contributed by atoms with Crippen molar-refractivity contribution in [3.63, 3.8) is 0 Å². The number of amides is 2. The van der Waals surface area contributed by atoms with Gasteiger partial charge in [-0.1, -0.05) is 6.07 Å². The molecular weight excluding hydrogens is 718 g/mol. The Morgan fingerprint density at radius 1 is 1.02 bits per heavy atom. The topological polar surface area (TPSA) is 120 Å². The van der Waals surface area contributed by atoms with Gasteiger partial charge in [-0.3, -0.25) is 14.7 Å². The maximum Gasteiger partial charge on any atom is 0.410 e. The number of halogens is 4. The second-order valence-corrected chi connectivity index (χ2v) is 16.2. The number of hydrogen-bond acceptors (Lipinski definition) is 9. The lowest BCUT2D eigenvalue weighted by atomic mass is 9.68. The highest BCUT2D eigenvalue weighted by Gasteiger charge is 2.57. The van der Waals surface area contributed by atoms with Crippen LogP contribution in [0.4, 0.5) is 39.5 Å². The lowest BCUT2D eigenvalue weighted by Crippen LogP contribution is -2.59. The van der Waals surface area contributed by atoms with Gasteiger partial charge < -0.3 is 25.2 Å². The number of carbonyl (C=O) groups excluding carboxylic acids is 2. The Bertz CT molecular complexity index is 2130. The van der Waals surface area contributed by atoms with Crippen LogP contribution in [0.2, 0.25) is 0 Å². The number of likely N-dealkylation sites (tertiary alicyclic amines) is 2. The van der Waals surface area contributed by atoms with Crippen LogP contribution in [-0.4, -0.2) is 105 Å². The normalized spacial score (nSPS) is 21.8. The molecule has 4 aliphatic rings. The monoisotopic (exact) mass is 763 g/mol. The van der Waals surface area contributed by atoms with E-state index < -0.39 is 47.0 Å². The molecule has 2 amide bonds. The molecule has 3 fully saturated rings. The predicted molar refractivity (Wildman–Crippen MR) is 198 cm³/mol. The summed E-state index contributed by atoms with van der Waals surface area (Å²) in [5, 5.41) is 10.5. The first-order valence-electron chi connectivity index (χ1n) is 18.8. The van der Waals surface area contributed by atoms with Gasteiger partial charge in [0.05, 0.1) is 30.2 Å². The molecule has 12 nitrogen and oxygen atoms in total. The summed E-state index contributed by atoms with van der Waals surface area (Å²) in [5.74, 6) is -3.41. The molecule has 2 saturated heterocycles. The number of carbonyl (C=O) groups is 2. The van der Waals surface area contributed by atoms with E-state index in [4.69, 9.17) is 9.84 Å². The fraction of sp³-hybridized carbons (Fsp3) is 0.513. The van der Waals surface area contributed by atoms with Crippen molar-refractivity contribution in [3.05, 3.63) is 65.4 Å². The number of pyridine rings is 1. The van der Waals surface area contributed by atoms with Gasteiger partial charge in [0.2, 0.25) is 0 Å². The third-order valence-corrected chi connectivity index (χ3v) is 11.3. The van der Waals surface area contributed by atoms with Crippen molar-refractivity contribution in [1.29, 1.82) is 0 Å². The van der Waals surface area contributed by atoms with E-state index in [-0.39, 0.29) is 44.6 Å². The first-order valence-corrected chi connectivity index (χ1v) is 18.8. The number of rotatable bonds is 7. The van der Waals surface area contributed by atoms with Crippen LogP contribution in [0.1, 0.15) is 68.1 Å². The number of imidazole rings is 1. The molecule has 1 saturated carbocycles. The smallest absolute Gasteiger partial charge is 0.410 e. The van der Waals surface area contributed by atoms with E-state index in [1.165, 1.54) is 27.7 Å². The Labute approximate surface area is 316 Å². The minimum absolute atomic E-state index is 0.157. The summed E-state index contributed by atoms with van der Waals surface area (Å²) in [6.45, 7) is 6.74. The van der Waals surface area contributed by atoms with Gasteiger partial charge in [0.15, 0.2) is 17.2 Å². The van der Waals surface area contributed by atoms with Crippen LogP contribution in [0.3, 0.4) is 0 Å². The first kappa shape index (κ1) is 37.0. The van der Waals surface area contributed by atoms with Crippen molar-refractivity contribution in [2.75, 3.05) is 50.0 Å². The maximum atomic E-state index is 15.8. The number of ether oxygens (including phenoxy) is 1. The molecule has 1 spiro atoms. The van der Waals surface area contributed by atoms with Crippen molar-refractivity contribution in [1.82, 2.24) is 34.7 Å². The van der Waals surface area contributed by atoms with Gasteiger partial charge >= 0.3 is 6.09 Å². The Kier molecular flexibility index (Phi) is 9.16. The highest BCUT2D eigenvalue weighted by atomic mass is 19.3.